The molecule has 0 aliphatic carbocycles. The van der Waals surface area contributed by atoms with Gasteiger partial charge in [0.15, 0.2) is 0 Å². The summed E-state index contributed by atoms with van der Waals surface area (Å²) in [7, 11) is 1.59. The number of rotatable bonds is 7. The van der Waals surface area contributed by atoms with Gasteiger partial charge in [-0.2, -0.15) is 5.10 Å². The first-order valence-corrected chi connectivity index (χ1v) is 8.69. The van der Waals surface area contributed by atoms with Gasteiger partial charge in [-0.25, -0.2) is 0 Å². The predicted molar refractivity (Wildman–Crippen MR) is 90.1 cm³/mol. The fourth-order valence-electron chi connectivity index (χ4n) is 2.72. The standard InChI is InChI=1S/C16H20N4O3S/c1-23-5-4-17-16(22)14-8-12-7-11(10-20(12)19-14)18-15(21)9-13-3-2-6-24-13/h2-3,6,8,11H,4-5,7,9-10H2,1H3,(H,17,22)(H,18,21). The highest BCUT2D eigenvalue weighted by Gasteiger charge is 2.26. The van der Waals surface area contributed by atoms with Crippen molar-refractivity contribution < 1.29 is 14.3 Å². The molecule has 7 nitrogen and oxygen atoms in total. The number of carbonyl (C=O) groups excluding carboxylic acids is 2. The molecule has 1 atom stereocenters. The molecule has 128 valence electrons. The van der Waals surface area contributed by atoms with Crippen LogP contribution < -0.4 is 10.6 Å². The molecule has 3 heterocycles. The topological polar surface area (TPSA) is 85.2 Å². The Labute approximate surface area is 144 Å². The molecular weight excluding hydrogens is 328 g/mol. The lowest BCUT2D eigenvalue weighted by molar-refractivity contribution is -0.121. The van der Waals surface area contributed by atoms with Gasteiger partial charge in [0.25, 0.3) is 5.91 Å². The zero-order chi connectivity index (χ0) is 16.9. The number of nitrogens with one attached hydrogen (secondary N) is 2. The van der Waals surface area contributed by atoms with Crippen LogP contribution in [0.3, 0.4) is 0 Å². The SMILES string of the molecule is COCCNC(=O)c1cc2n(n1)CC(NC(=O)Cc1cccs1)C2. The highest BCUT2D eigenvalue weighted by Crippen LogP contribution is 2.17. The predicted octanol–water partition coefficient (Wildman–Crippen LogP) is 0.604. The number of thiophene rings is 1. The average molecular weight is 348 g/mol. The fourth-order valence-corrected chi connectivity index (χ4v) is 3.42. The molecule has 1 aliphatic rings. The molecule has 2 N–H and O–H groups in total. The number of ether oxygens (including phenoxy) is 1. The zero-order valence-corrected chi connectivity index (χ0v) is 14.3. The van der Waals surface area contributed by atoms with Crippen molar-refractivity contribution in [1.82, 2.24) is 20.4 Å². The van der Waals surface area contributed by atoms with Crippen LogP contribution in [0.1, 0.15) is 21.1 Å². The van der Waals surface area contributed by atoms with Crippen LogP contribution in [0.5, 0.6) is 0 Å². The molecule has 0 bridgehead atoms. The van der Waals surface area contributed by atoms with Crippen molar-refractivity contribution in [2.75, 3.05) is 20.3 Å². The van der Waals surface area contributed by atoms with E-state index >= 15 is 0 Å². The van der Waals surface area contributed by atoms with Gasteiger partial charge in [0, 0.05) is 30.6 Å². The van der Waals surface area contributed by atoms with E-state index in [1.807, 2.05) is 17.5 Å². The molecule has 24 heavy (non-hydrogen) atoms. The summed E-state index contributed by atoms with van der Waals surface area (Å²) in [5.41, 5.74) is 1.37. The van der Waals surface area contributed by atoms with Gasteiger partial charge in [0.05, 0.1) is 25.6 Å². The number of nitrogens with zero attached hydrogens (tertiary/aromatic N) is 2. The molecule has 2 aromatic rings. The van der Waals surface area contributed by atoms with E-state index in [9.17, 15) is 9.59 Å². The minimum Gasteiger partial charge on any atom is -0.383 e. The van der Waals surface area contributed by atoms with Crippen LogP contribution in [0, 0.1) is 0 Å². The molecule has 3 rings (SSSR count). The lowest BCUT2D eigenvalue weighted by atomic mass is 10.2. The van der Waals surface area contributed by atoms with Gasteiger partial charge >= 0.3 is 0 Å². The van der Waals surface area contributed by atoms with Crippen molar-refractivity contribution >= 4 is 23.2 Å². The van der Waals surface area contributed by atoms with Crippen LogP contribution in [0.25, 0.3) is 0 Å². The number of carbonyl (C=O) groups is 2. The molecule has 1 aliphatic heterocycles. The zero-order valence-electron chi connectivity index (χ0n) is 13.4. The molecule has 1 unspecified atom stereocenters. The summed E-state index contributed by atoms with van der Waals surface area (Å²) in [5.74, 6) is -0.182. The van der Waals surface area contributed by atoms with Gasteiger partial charge in [-0.05, 0) is 17.5 Å². The van der Waals surface area contributed by atoms with Gasteiger partial charge in [-0.1, -0.05) is 6.07 Å². The number of aromatic nitrogens is 2. The smallest absolute Gasteiger partial charge is 0.271 e. The Kier molecular flexibility index (Phi) is 5.27. The Morgan fingerprint density at radius 2 is 2.38 bits per heavy atom. The highest BCUT2D eigenvalue weighted by atomic mass is 32.1. The molecule has 0 saturated heterocycles. The first-order valence-electron chi connectivity index (χ1n) is 7.81. The minimum absolute atomic E-state index is 0.0192. The third-order valence-corrected chi connectivity index (χ3v) is 4.69. The van der Waals surface area contributed by atoms with Crippen LogP contribution in [0.15, 0.2) is 23.6 Å². The van der Waals surface area contributed by atoms with E-state index in [4.69, 9.17) is 4.74 Å². The number of methoxy groups -OCH3 is 1. The third-order valence-electron chi connectivity index (χ3n) is 3.82. The van der Waals surface area contributed by atoms with E-state index in [0.29, 0.717) is 38.2 Å². The summed E-state index contributed by atoms with van der Waals surface area (Å²) in [4.78, 5) is 25.1. The van der Waals surface area contributed by atoms with Gasteiger partial charge in [-0.15, -0.1) is 11.3 Å². The normalized spacial score (nSPS) is 16.0. The summed E-state index contributed by atoms with van der Waals surface area (Å²) >= 11 is 1.58. The number of hydrogen-bond acceptors (Lipinski definition) is 5. The average Bonchev–Trinajstić information content (AvgIpc) is 3.23. The van der Waals surface area contributed by atoms with Crippen molar-refractivity contribution in [1.29, 1.82) is 0 Å². The first-order chi connectivity index (χ1) is 11.7. The first kappa shape index (κ1) is 16.7. The van der Waals surface area contributed by atoms with Gasteiger partial charge in [0.1, 0.15) is 5.69 Å². The van der Waals surface area contributed by atoms with Crippen LogP contribution in [0.4, 0.5) is 0 Å². The third kappa shape index (κ3) is 4.01. The van der Waals surface area contributed by atoms with E-state index < -0.39 is 0 Å². The Hall–Kier alpha value is -2.19. The maximum Gasteiger partial charge on any atom is 0.271 e. The molecule has 8 heteroatoms. The molecule has 0 fully saturated rings. The molecule has 0 radical (unpaired) electrons. The minimum atomic E-state index is -0.202. The summed E-state index contributed by atoms with van der Waals surface area (Å²) < 4.78 is 6.69. The van der Waals surface area contributed by atoms with Gasteiger partial charge in [-0.3, -0.25) is 14.3 Å². The van der Waals surface area contributed by atoms with E-state index in [1.165, 1.54) is 0 Å². The number of hydrogen-bond donors (Lipinski definition) is 2. The van der Waals surface area contributed by atoms with Gasteiger partial charge < -0.3 is 15.4 Å². The van der Waals surface area contributed by atoms with Crippen LogP contribution in [0.2, 0.25) is 0 Å². The highest BCUT2D eigenvalue weighted by molar-refractivity contribution is 7.10. The second-order valence-electron chi connectivity index (χ2n) is 5.68. The monoisotopic (exact) mass is 348 g/mol. The quantitative estimate of drug-likeness (QED) is 0.718. The maximum absolute atomic E-state index is 12.1. The van der Waals surface area contributed by atoms with E-state index in [-0.39, 0.29) is 17.9 Å². The van der Waals surface area contributed by atoms with E-state index in [1.54, 1.807) is 29.2 Å². The largest absolute Gasteiger partial charge is 0.383 e. The van der Waals surface area contributed by atoms with Crippen molar-refractivity contribution in [2.45, 2.75) is 25.4 Å². The lowest BCUT2D eigenvalue weighted by Crippen LogP contribution is -2.37. The van der Waals surface area contributed by atoms with E-state index in [2.05, 4.69) is 15.7 Å². The Balaban J connectivity index is 1.50. The van der Waals surface area contributed by atoms with E-state index in [0.717, 1.165) is 10.6 Å². The van der Waals surface area contributed by atoms with Crippen LogP contribution >= 0.6 is 11.3 Å². The van der Waals surface area contributed by atoms with Crippen molar-refractivity contribution in [3.63, 3.8) is 0 Å². The molecule has 0 saturated carbocycles. The second-order valence-corrected chi connectivity index (χ2v) is 6.71. The summed E-state index contributed by atoms with van der Waals surface area (Å²) in [5, 5.41) is 12.1. The molecular formula is C16H20N4O3S. The fraction of sp³-hybridized carbons (Fsp3) is 0.438. The molecule has 0 aromatic carbocycles. The lowest BCUT2D eigenvalue weighted by Gasteiger charge is -2.11. The number of amides is 2. The number of fused-ring (bicyclic) bond motifs is 1. The summed E-state index contributed by atoms with van der Waals surface area (Å²) in [6, 6.07) is 5.72. The van der Waals surface area contributed by atoms with Crippen molar-refractivity contribution in [3.8, 4) is 0 Å². The Bertz CT molecular complexity index is 687. The molecule has 0 spiro atoms. The summed E-state index contributed by atoms with van der Waals surface area (Å²) in [6.07, 6.45) is 1.10. The van der Waals surface area contributed by atoms with Crippen LogP contribution in [-0.2, 0) is 28.9 Å². The molecule has 2 aromatic heterocycles. The maximum atomic E-state index is 12.1. The van der Waals surface area contributed by atoms with Crippen molar-refractivity contribution in [3.05, 3.63) is 39.8 Å². The second kappa shape index (κ2) is 7.59. The Morgan fingerprint density at radius 3 is 3.08 bits per heavy atom. The van der Waals surface area contributed by atoms with Gasteiger partial charge in [0.2, 0.25) is 5.91 Å². The summed E-state index contributed by atoms with van der Waals surface area (Å²) in [6.45, 7) is 1.52. The van der Waals surface area contributed by atoms with Crippen molar-refractivity contribution in [2.24, 2.45) is 0 Å². The molecule has 2 amide bonds. The van der Waals surface area contributed by atoms with Crippen LogP contribution in [-0.4, -0.2) is 47.9 Å². The Morgan fingerprint density at radius 1 is 1.50 bits per heavy atom.